The topological polar surface area (TPSA) is 46.9 Å². The van der Waals surface area contributed by atoms with E-state index in [2.05, 4.69) is 10.3 Å². The van der Waals surface area contributed by atoms with Crippen LogP contribution in [-0.2, 0) is 4.79 Å². The first-order valence-corrected chi connectivity index (χ1v) is 9.38. The first-order chi connectivity index (χ1) is 13.3. The third-order valence-electron chi connectivity index (χ3n) is 4.16. The molecule has 28 heavy (non-hydrogen) atoms. The number of halogens is 3. The molecule has 1 N–H and O–H groups in total. The Morgan fingerprint density at radius 2 is 1.89 bits per heavy atom. The highest BCUT2D eigenvalue weighted by Gasteiger charge is 2.21. The molecule has 0 aliphatic rings. The molecule has 1 atom stereocenters. The average molecular weight is 405 g/mol. The number of nitrogens with zero attached hydrogens (tertiary/aromatic N) is 2. The van der Waals surface area contributed by atoms with Crippen molar-refractivity contribution in [3.05, 3.63) is 71.3 Å². The summed E-state index contributed by atoms with van der Waals surface area (Å²) in [6.45, 7) is 5.61. The van der Waals surface area contributed by atoms with Crippen molar-refractivity contribution in [1.82, 2.24) is 9.55 Å². The molecule has 0 radical (unpaired) electrons. The van der Waals surface area contributed by atoms with Crippen molar-refractivity contribution in [1.29, 1.82) is 0 Å². The molecule has 0 fully saturated rings. The maximum absolute atomic E-state index is 13.8. The van der Waals surface area contributed by atoms with Crippen LogP contribution in [-0.4, -0.2) is 20.7 Å². The second kappa shape index (κ2) is 8.10. The Morgan fingerprint density at radius 3 is 2.61 bits per heavy atom. The van der Waals surface area contributed by atoms with E-state index in [1.54, 1.807) is 19.3 Å². The summed E-state index contributed by atoms with van der Waals surface area (Å²) in [5.41, 5.74) is 2.72. The highest BCUT2D eigenvalue weighted by Crippen LogP contribution is 2.28. The molecule has 1 aromatic heterocycles. The van der Waals surface area contributed by atoms with Crippen LogP contribution in [0.1, 0.15) is 18.1 Å². The summed E-state index contributed by atoms with van der Waals surface area (Å²) in [4.78, 5) is 16.7. The second-order valence-electron chi connectivity index (χ2n) is 6.34. The van der Waals surface area contributed by atoms with Crippen molar-refractivity contribution in [2.45, 2.75) is 31.2 Å². The van der Waals surface area contributed by atoms with Gasteiger partial charge in [0.05, 0.1) is 16.6 Å². The van der Waals surface area contributed by atoms with Crippen molar-refractivity contribution in [3.8, 4) is 5.69 Å². The van der Waals surface area contributed by atoms with Gasteiger partial charge >= 0.3 is 0 Å². The van der Waals surface area contributed by atoms with Crippen molar-refractivity contribution in [2.24, 2.45) is 0 Å². The van der Waals surface area contributed by atoms with E-state index in [-0.39, 0.29) is 0 Å². The summed E-state index contributed by atoms with van der Waals surface area (Å²) in [6, 6.07) is 7.75. The van der Waals surface area contributed by atoms with E-state index in [4.69, 9.17) is 0 Å². The molecule has 3 aromatic rings. The van der Waals surface area contributed by atoms with Crippen molar-refractivity contribution in [3.63, 3.8) is 0 Å². The van der Waals surface area contributed by atoms with Crippen LogP contribution in [0, 0.1) is 31.3 Å². The third kappa shape index (κ3) is 4.06. The Hall–Kier alpha value is -2.74. The van der Waals surface area contributed by atoms with Crippen LogP contribution in [0.25, 0.3) is 5.69 Å². The molecule has 0 unspecified atom stereocenters. The number of anilines is 1. The van der Waals surface area contributed by atoms with Crippen LogP contribution in [0.5, 0.6) is 0 Å². The molecule has 146 valence electrons. The zero-order valence-electron chi connectivity index (χ0n) is 15.5. The number of hydrogen-bond donors (Lipinski definition) is 1. The number of carbonyl (C=O) groups excluding carboxylic acids is 1. The predicted molar refractivity (Wildman–Crippen MR) is 103 cm³/mol. The Kier molecular flexibility index (Phi) is 5.79. The largest absolute Gasteiger partial charge is 0.323 e. The first kappa shape index (κ1) is 20.0. The molecular weight excluding hydrogens is 387 g/mol. The fraction of sp³-hybridized carbons (Fsp3) is 0.200. The third-order valence-corrected chi connectivity index (χ3v) is 5.24. The lowest BCUT2D eigenvalue weighted by molar-refractivity contribution is -0.115. The molecule has 0 saturated heterocycles. The summed E-state index contributed by atoms with van der Waals surface area (Å²) in [5.74, 6) is -4.91. The fourth-order valence-electron chi connectivity index (χ4n) is 2.70. The predicted octanol–water partition coefficient (Wildman–Crippen LogP) is 5.03. The van der Waals surface area contributed by atoms with E-state index in [0.717, 1.165) is 28.9 Å². The Labute approximate surface area is 164 Å². The highest BCUT2D eigenvalue weighted by molar-refractivity contribution is 8.00. The summed E-state index contributed by atoms with van der Waals surface area (Å²) < 4.78 is 42.0. The Morgan fingerprint density at radius 1 is 1.14 bits per heavy atom. The molecule has 4 nitrogen and oxygen atoms in total. The minimum atomic E-state index is -1.62. The molecular formula is C20H18F3N3OS. The van der Waals surface area contributed by atoms with Crippen LogP contribution < -0.4 is 5.32 Å². The number of aromatic nitrogens is 2. The number of benzene rings is 2. The quantitative estimate of drug-likeness (QED) is 0.479. The lowest BCUT2D eigenvalue weighted by Gasteiger charge is -2.15. The van der Waals surface area contributed by atoms with Gasteiger partial charge in [-0.15, -0.1) is 0 Å². The number of thioether (sulfide) groups is 1. The summed E-state index contributed by atoms with van der Waals surface area (Å²) in [7, 11) is 0. The number of nitrogens with one attached hydrogen (secondary N) is 1. The van der Waals surface area contributed by atoms with Crippen LogP contribution in [0.2, 0.25) is 0 Å². The van der Waals surface area contributed by atoms with Crippen LogP contribution in [0.4, 0.5) is 18.9 Å². The van der Waals surface area contributed by atoms with E-state index in [1.807, 2.05) is 36.6 Å². The van der Waals surface area contributed by atoms with E-state index in [0.29, 0.717) is 5.16 Å². The molecule has 0 bridgehead atoms. The molecule has 3 rings (SSSR count). The molecule has 0 spiro atoms. The van der Waals surface area contributed by atoms with Gasteiger partial charge in [-0.05, 0) is 44.5 Å². The monoisotopic (exact) mass is 405 g/mol. The smallest absolute Gasteiger partial charge is 0.237 e. The van der Waals surface area contributed by atoms with Gasteiger partial charge in [-0.25, -0.2) is 18.2 Å². The maximum atomic E-state index is 13.8. The number of hydrogen-bond acceptors (Lipinski definition) is 3. The van der Waals surface area contributed by atoms with Gasteiger partial charge in [-0.1, -0.05) is 29.5 Å². The average Bonchev–Trinajstić information content (AvgIpc) is 3.10. The molecule has 1 heterocycles. The van der Waals surface area contributed by atoms with Gasteiger partial charge in [0.15, 0.2) is 22.6 Å². The SMILES string of the molecule is Cc1ccc(-n2ccnc2S[C@H](C)C(=O)Nc2ccc(F)c(F)c2F)c(C)c1. The van der Waals surface area contributed by atoms with Crippen molar-refractivity contribution < 1.29 is 18.0 Å². The van der Waals surface area contributed by atoms with Crippen LogP contribution in [0.3, 0.4) is 0 Å². The first-order valence-electron chi connectivity index (χ1n) is 8.50. The van der Waals surface area contributed by atoms with E-state index >= 15 is 0 Å². The fourth-order valence-corrected chi connectivity index (χ4v) is 3.58. The second-order valence-corrected chi connectivity index (χ2v) is 7.65. The van der Waals surface area contributed by atoms with Gasteiger partial charge in [0, 0.05) is 12.4 Å². The molecule has 0 saturated carbocycles. The number of aryl methyl sites for hydroxylation is 2. The zero-order chi connectivity index (χ0) is 20.4. The summed E-state index contributed by atoms with van der Waals surface area (Å²) in [6.07, 6.45) is 3.42. The van der Waals surface area contributed by atoms with Crippen molar-refractivity contribution >= 4 is 23.4 Å². The minimum Gasteiger partial charge on any atom is -0.323 e. The summed E-state index contributed by atoms with van der Waals surface area (Å²) in [5, 5.41) is 2.22. The highest BCUT2D eigenvalue weighted by atomic mass is 32.2. The normalized spacial score (nSPS) is 12.1. The lowest BCUT2D eigenvalue weighted by atomic mass is 10.1. The molecule has 1 amide bonds. The van der Waals surface area contributed by atoms with E-state index in [1.165, 1.54) is 11.8 Å². The maximum Gasteiger partial charge on any atom is 0.237 e. The molecule has 2 aromatic carbocycles. The summed E-state index contributed by atoms with van der Waals surface area (Å²) >= 11 is 1.17. The van der Waals surface area contributed by atoms with Gasteiger partial charge in [-0.2, -0.15) is 0 Å². The number of amides is 1. The Bertz CT molecular complexity index is 1040. The Balaban J connectivity index is 1.77. The standard InChI is InChI=1S/C20H18F3N3OS/c1-11-4-7-16(12(2)10-11)26-9-8-24-20(26)28-13(3)19(27)25-15-6-5-14(21)17(22)18(15)23/h4-10,13H,1-3H3,(H,25,27)/t13-/m1/s1. The van der Waals surface area contributed by atoms with Gasteiger partial charge in [0.2, 0.25) is 5.91 Å². The van der Waals surface area contributed by atoms with E-state index < -0.39 is 34.3 Å². The molecule has 0 aliphatic heterocycles. The number of imidazole rings is 1. The van der Waals surface area contributed by atoms with Gasteiger partial charge in [0.1, 0.15) is 0 Å². The molecule has 8 heteroatoms. The van der Waals surface area contributed by atoms with E-state index in [9.17, 15) is 18.0 Å². The van der Waals surface area contributed by atoms with Crippen LogP contribution in [0.15, 0.2) is 47.9 Å². The molecule has 0 aliphatic carbocycles. The lowest BCUT2D eigenvalue weighted by Crippen LogP contribution is -2.23. The number of rotatable bonds is 5. The number of carbonyl (C=O) groups is 1. The zero-order valence-corrected chi connectivity index (χ0v) is 16.3. The van der Waals surface area contributed by atoms with Crippen molar-refractivity contribution in [2.75, 3.05) is 5.32 Å². The van der Waals surface area contributed by atoms with Gasteiger partial charge < -0.3 is 5.32 Å². The van der Waals surface area contributed by atoms with Gasteiger partial charge in [-0.3, -0.25) is 9.36 Å². The van der Waals surface area contributed by atoms with Crippen LogP contribution >= 0.6 is 11.8 Å². The van der Waals surface area contributed by atoms with Gasteiger partial charge in [0.25, 0.3) is 0 Å². The minimum absolute atomic E-state index is 0.408.